The fourth-order valence-electron chi connectivity index (χ4n) is 4.07. The van der Waals surface area contributed by atoms with Crippen molar-refractivity contribution in [3.8, 4) is 0 Å². The Morgan fingerprint density at radius 1 is 1.04 bits per heavy atom. The molecule has 0 N–H and O–H groups in total. The summed E-state index contributed by atoms with van der Waals surface area (Å²) in [5, 5.41) is 13.6. The normalized spacial score (nSPS) is 23.3. The quantitative estimate of drug-likeness (QED) is 0.821. The van der Waals surface area contributed by atoms with Crippen LogP contribution in [-0.4, -0.2) is 68.2 Å². The molecule has 0 radical (unpaired) electrons. The number of hydrogen-bond donors (Lipinski definition) is 0. The lowest BCUT2D eigenvalue weighted by Crippen LogP contribution is -2.45. The van der Waals surface area contributed by atoms with Crippen molar-refractivity contribution >= 4 is 11.6 Å². The van der Waals surface area contributed by atoms with Crippen LogP contribution < -0.4 is 0 Å². The molecule has 0 aliphatic carbocycles. The molecule has 2 aliphatic rings. The smallest absolute Gasteiger partial charge is 0.239 e. The summed E-state index contributed by atoms with van der Waals surface area (Å²) < 4.78 is 1.93. The average molecular weight is 356 g/mol. The number of amides is 1. The van der Waals surface area contributed by atoms with Gasteiger partial charge in [-0.3, -0.25) is 9.69 Å². The number of rotatable bonds is 2. The van der Waals surface area contributed by atoms with E-state index in [0.29, 0.717) is 5.92 Å². The maximum Gasteiger partial charge on any atom is 0.239 e. The van der Waals surface area contributed by atoms with Crippen LogP contribution in [0, 0.1) is 0 Å². The van der Waals surface area contributed by atoms with Crippen molar-refractivity contribution in [1.82, 2.24) is 29.6 Å². The summed E-state index contributed by atoms with van der Waals surface area (Å²) in [5.41, 5.74) is 1.85. The number of nitrogens with zero attached hydrogens (tertiary/aromatic N) is 6. The number of aromatic nitrogens is 4. The van der Waals surface area contributed by atoms with E-state index in [1.165, 1.54) is 0 Å². The minimum Gasteiger partial charge on any atom is -0.344 e. The van der Waals surface area contributed by atoms with Crippen molar-refractivity contribution in [2.45, 2.75) is 57.4 Å². The Hall–Kier alpha value is -2.02. The maximum absolute atomic E-state index is 12.3. The monoisotopic (exact) mass is 356 g/mol. The Morgan fingerprint density at radius 3 is 2.38 bits per heavy atom. The molecule has 4 heterocycles. The number of piperidine rings is 1. The van der Waals surface area contributed by atoms with Crippen LogP contribution in [0.4, 0.5) is 0 Å². The largest absolute Gasteiger partial charge is 0.344 e. The van der Waals surface area contributed by atoms with Gasteiger partial charge >= 0.3 is 0 Å². The Morgan fingerprint density at radius 2 is 1.77 bits per heavy atom. The molecule has 7 nitrogen and oxygen atoms in total. The number of carbonyl (C=O) groups is 1. The van der Waals surface area contributed by atoms with Crippen molar-refractivity contribution in [1.29, 1.82) is 0 Å². The lowest BCUT2D eigenvalue weighted by molar-refractivity contribution is -0.131. The molecule has 1 atom stereocenters. The fraction of sp³-hybridized carbons (Fsp3) is 0.684. The van der Waals surface area contributed by atoms with E-state index in [1.807, 2.05) is 28.6 Å². The molecular formula is C19H28N6O. The van der Waals surface area contributed by atoms with Gasteiger partial charge in [-0.25, -0.2) is 0 Å². The number of likely N-dealkylation sites (N-methyl/N-ethyl adjacent to an activating group) is 1. The van der Waals surface area contributed by atoms with Crippen molar-refractivity contribution in [3.05, 3.63) is 23.7 Å². The standard InChI is InChI=1S/C19H28N6O/c1-19(2,3)15-5-6-16-20-21-17(25(16)22-15)13-7-11-24(12-8-13)14-9-10-23(4)18(14)26/h5-6,13-14H,7-12H2,1-4H3. The van der Waals surface area contributed by atoms with Gasteiger partial charge in [0.05, 0.1) is 11.7 Å². The molecule has 2 aromatic heterocycles. The zero-order valence-corrected chi connectivity index (χ0v) is 16.1. The molecular weight excluding hydrogens is 328 g/mol. The van der Waals surface area contributed by atoms with Gasteiger partial charge in [-0.05, 0) is 44.5 Å². The zero-order chi connectivity index (χ0) is 18.5. The second kappa shape index (κ2) is 6.30. The second-order valence-corrected chi connectivity index (χ2v) is 8.67. The summed E-state index contributed by atoms with van der Waals surface area (Å²) in [7, 11) is 1.90. The molecule has 4 rings (SSSR count). The molecule has 2 aliphatic heterocycles. The summed E-state index contributed by atoms with van der Waals surface area (Å²) in [5.74, 6) is 1.58. The Bertz CT molecular complexity index is 815. The van der Waals surface area contributed by atoms with E-state index in [1.54, 1.807) is 0 Å². The molecule has 1 unspecified atom stereocenters. The highest BCUT2D eigenvalue weighted by atomic mass is 16.2. The van der Waals surface area contributed by atoms with Crippen LogP contribution >= 0.6 is 0 Å². The summed E-state index contributed by atoms with van der Waals surface area (Å²) in [6.45, 7) is 9.24. The molecule has 140 valence electrons. The summed E-state index contributed by atoms with van der Waals surface area (Å²) in [6, 6.07) is 4.12. The first-order valence-corrected chi connectivity index (χ1v) is 9.56. The van der Waals surface area contributed by atoms with E-state index in [0.717, 1.165) is 56.1 Å². The van der Waals surface area contributed by atoms with Gasteiger partial charge in [0.2, 0.25) is 5.91 Å². The zero-order valence-electron chi connectivity index (χ0n) is 16.1. The molecule has 1 amide bonds. The van der Waals surface area contributed by atoms with Crippen molar-refractivity contribution in [2.75, 3.05) is 26.7 Å². The van der Waals surface area contributed by atoms with E-state index in [-0.39, 0.29) is 17.4 Å². The Kier molecular flexibility index (Phi) is 4.22. The molecule has 0 aromatic carbocycles. The van der Waals surface area contributed by atoms with Crippen LogP contribution in [0.1, 0.15) is 57.5 Å². The van der Waals surface area contributed by atoms with Crippen LogP contribution in [0.5, 0.6) is 0 Å². The SMILES string of the molecule is CN1CCC(N2CCC(c3nnc4ccc(C(C)(C)C)nn34)CC2)C1=O. The van der Waals surface area contributed by atoms with Gasteiger partial charge in [-0.2, -0.15) is 9.61 Å². The van der Waals surface area contributed by atoms with Crippen LogP contribution in [-0.2, 0) is 10.2 Å². The van der Waals surface area contributed by atoms with Crippen LogP contribution in [0.2, 0.25) is 0 Å². The molecule has 0 bridgehead atoms. The third-order valence-electron chi connectivity index (χ3n) is 5.79. The van der Waals surface area contributed by atoms with Crippen LogP contribution in [0.25, 0.3) is 5.65 Å². The van der Waals surface area contributed by atoms with E-state index in [9.17, 15) is 4.79 Å². The highest BCUT2D eigenvalue weighted by Gasteiger charge is 2.36. The van der Waals surface area contributed by atoms with Gasteiger partial charge < -0.3 is 4.90 Å². The predicted molar refractivity (Wildman–Crippen MR) is 99.1 cm³/mol. The Balaban J connectivity index is 1.52. The van der Waals surface area contributed by atoms with Crippen molar-refractivity contribution in [3.63, 3.8) is 0 Å². The molecule has 7 heteroatoms. The summed E-state index contributed by atoms with van der Waals surface area (Å²) >= 11 is 0. The fourth-order valence-corrected chi connectivity index (χ4v) is 4.07. The van der Waals surface area contributed by atoms with Gasteiger partial charge in [0.25, 0.3) is 0 Å². The highest BCUT2D eigenvalue weighted by molar-refractivity contribution is 5.83. The summed E-state index contributed by atoms with van der Waals surface area (Å²) in [4.78, 5) is 16.5. The first kappa shape index (κ1) is 17.4. The summed E-state index contributed by atoms with van der Waals surface area (Å²) in [6.07, 6.45) is 2.94. The third kappa shape index (κ3) is 2.98. The maximum atomic E-state index is 12.3. The molecule has 0 spiro atoms. The van der Waals surface area contributed by atoms with E-state index in [4.69, 9.17) is 5.10 Å². The minimum absolute atomic E-state index is 0.00600. The van der Waals surface area contributed by atoms with E-state index < -0.39 is 0 Å². The molecule has 2 saturated heterocycles. The van der Waals surface area contributed by atoms with E-state index in [2.05, 4.69) is 35.9 Å². The first-order chi connectivity index (χ1) is 12.3. The number of carbonyl (C=O) groups excluding carboxylic acids is 1. The minimum atomic E-state index is -0.00600. The predicted octanol–water partition coefficient (Wildman–Crippen LogP) is 1.83. The molecule has 26 heavy (non-hydrogen) atoms. The average Bonchev–Trinajstić information content (AvgIpc) is 3.18. The lowest BCUT2D eigenvalue weighted by Gasteiger charge is -2.34. The van der Waals surface area contributed by atoms with Gasteiger partial charge in [-0.15, -0.1) is 10.2 Å². The molecule has 2 fully saturated rings. The first-order valence-electron chi connectivity index (χ1n) is 9.56. The topological polar surface area (TPSA) is 66.6 Å². The van der Waals surface area contributed by atoms with Crippen molar-refractivity contribution < 1.29 is 4.79 Å². The van der Waals surface area contributed by atoms with Gasteiger partial charge in [0.15, 0.2) is 11.5 Å². The molecule has 2 aromatic rings. The molecule has 0 saturated carbocycles. The van der Waals surface area contributed by atoms with E-state index >= 15 is 0 Å². The number of fused-ring (bicyclic) bond motifs is 1. The van der Waals surface area contributed by atoms with Gasteiger partial charge in [-0.1, -0.05) is 20.8 Å². The Labute approximate surface area is 154 Å². The highest BCUT2D eigenvalue weighted by Crippen LogP contribution is 2.30. The number of likely N-dealkylation sites (tertiary alicyclic amines) is 2. The van der Waals surface area contributed by atoms with Gasteiger partial charge in [0, 0.05) is 24.9 Å². The van der Waals surface area contributed by atoms with Gasteiger partial charge in [0.1, 0.15) is 0 Å². The lowest BCUT2D eigenvalue weighted by atomic mass is 9.92. The second-order valence-electron chi connectivity index (χ2n) is 8.67. The van der Waals surface area contributed by atoms with Crippen LogP contribution in [0.15, 0.2) is 12.1 Å². The van der Waals surface area contributed by atoms with Crippen LogP contribution in [0.3, 0.4) is 0 Å². The number of hydrogen-bond acceptors (Lipinski definition) is 5. The van der Waals surface area contributed by atoms with Crippen molar-refractivity contribution in [2.24, 2.45) is 0 Å². The third-order valence-corrected chi connectivity index (χ3v) is 5.79.